The highest BCUT2D eigenvalue weighted by molar-refractivity contribution is 7.86. The van der Waals surface area contributed by atoms with Gasteiger partial charge < -0.3 is 15.3 Å². The molecule has 0 aliphatic carbocycles. The van der Waals surface area contributed by atoms with Crippen LogP contribution in [0.5, 0.6) is 11.5 Å². The molecule has 6 aromatic carbocycles. The molecule has 0 aromatic heterocycles. The Hall–Kier alpha value is -5.49. The van der Waals surface area contributed by atoms with Crippen LogP contribution in [0.3, 0.4) is 0 Å². The van der Waals surface area contributed by atoms with Crippen molar-refractivity contribution in [3.63, 3.8) is 0 Å². The standard InChI is InChI=1S/C35H28N4O6S/c40-21-26-18-32(33(41)20-31(26)38-36-27-14-12-24-7-4-8-34(29(24)19-27)46(43,44)45)39-37-30-16-13-25-17-23(11-15-28(25)35(30)42)10-9-22-5-2-1-3-6-22/h1-8,11-20,40-42H,9-10,21H2,(H,43,44,45). The number of phenolic OH excluding ortho intramolecular Hbond substituents is 2. The first-order valence-corrected chi connectivity index (χ1v) is 15.7. The molecule has 0 radical (unpaired) electrons. The Labute approximate surface area is 264 Å². The van der Waals surface area contributed by atoms with Crippen molar-refractivity contribution in [2.45, 2.75) is 24.3 Å². The first-order chi connectivity index (χ1) is 22.2. The van der Waals surface area contributed by atoms with Gasteiger partial charge in [-0.25, -0.2) is 0 Å². The average Bonchev–Trinajstić information content (AvgIpc) is 3.06. The maximum atomic E-state index is 11.8. The van der Waals surface area contributed by atoms with Gasteiger partial charge in [0.2, 0.25) is 0 Å². The van der Waals surface area contributed by atoms with Gasteiger partial charge in [-0.1, -0.05) is 72.8 Å². The molecule has 6 aromatic rings. The Morgan fingerprint density at radius 2 is 1.33 bits per heavy atom. The number of hydrogen-bond acceptors (Lipinski definition) is 9. The number of hydrogen-bond donors (Lipinski definition) is 4. The van der Waals surface area contributed by atoms with Crippen LogP contribution in [0.4, 0.5) is 22.7 Å². The Morgan fingerprint density at radius 1 is 0.587 bits per heavy atom. The molecule has 0 unspecified atom stereocenters. The zero-order valence-electron chi connectivity index (χ0n) is 24.3. The second kappa shape index (κ2) is 12.9. The zero-order chi connectivity index (χ0) is 32.3. The summed E-state index contributed by atoms with van der Waals surface area (Å²) in [6.07, 6.45) is 1.77. The fourth-order valence-corrected chi connectivity index (χ4v) is 5.87. The summed E-state index contributed by atoms with van der Waals surface area (Å²) >= 11 is 0. The molecule has 0 aliphatic heterocycles. The van der Waals surface area contributed by atoms with Crippen molar-refractivity contribution in [3.8, 4) is 11.5 Å². The first-order valence-electron chi connectivity index (χ1n) is 14.3. The average molecular weight is 633 g/mol. The number of aryl methyl sites for hydroxylation is 2. The van der Waals surface area contributed by atoms with Gasteiger partial charge in [-0.15, -0.1) is 10.2 Å². The number of phenols is 2. The third kappa shape index (κ3) is 6.61. The molecule has 0 atom stereocenters. The van der Waals surface area contributed by atoms with E-state index in [0.29, 0.717) is 16.3 Å². The fraction of sp³-hybridized carbons (Fsp3) is 0.0857. The third-order valence-electron chi connectivity index (χ3n) is 7.57. The lowest BCUT2D eigenvalue weighted by Gasteiger charge is -2.08. The fourth-order valence-electron chi connectivity index (χ4n) is 5.17. The first kappa shape index (κ1) is 30.5. The van der Waals surface area contributed by atoms with E-state index in [1.165, 1.54) is 35.9 Å². The van der Waals surface area contributed by atoms with Crippen molar-refractivity contribution in [1.29, 1.82) is 0 Å². The van der Waals surface area contributed by atoms with E-state index >= 15 is 0 Å². The Kier molecular flexibility index (Phi) is 8.53. The van der Waals surface area contributed by atoms with Crippen LogP contribution in [0.2, 0.25) is 0 Å². The van der Waals surface area contributed by atoms with Gasteiger partial charge in [0.05, 0.1) is 18.0 Å². The van der Waals surface area contributed by atoms with Crippen molar-refractivity contribution in [2.24, 2.45) is 20.5 Å². The van der Waals surface area contributed by atoms with Crippen LogP contribution in [0, 0.1) is 0 Å². The van der Waals surface area contributed by atoms with Crippen LogP contribution in [-0.2, 0) is 29.6 Å². The van der Waals surface area contributed by atoms with Gasteiger partial charge >= 0.3 is 0 Å². The van der Waals surface area contributed by atoms with Crippen molar-refractivity contribution >= 4 is 54.4 Å². The molecule has 4 N–H and O–H groups in total. The summed E-state index contributed by atoms with van der Waals surface area (Å²) in [7, 11) is -4.46. The minimum Gasteiger partial charge on any atom is -0.506 e. The molecule has 0 saturated carbocycles. The zero-order valence-corrected chi connectivity index (χ0v) is 25.1. The predicted molar refractivity (Wildman–Crippen MR) is 176 cm³/mol. The molecule has 0 bridgehead atoms. The van der Waals surface area contributed by atoms with E-state index in [4.69, 9.17) is 0 Å². The van der Waals surface area contributed by atoms with Gasteiger partial charge in [-0.2, -0.15) is 18.6 Å². The van der Waals surface area contributed by atoms with Gasteiger partial charge in [-0.05, 0) is 65.1 Å². The maximum Gasteiger partial charge on any atom is 0.295 e. The number of aromatic hydroxyl groups is 2. The van der Waals surface area contributed by atoms with Crippen molar-refractivity contribution in [1.82, 2.24) is 0 Å². The molecular weight excluding hydrogens is 604 g/mol. The molecule has 0 aliphatic rings. The lowest BCUT2D eigenvalue weighted by Crippen LogP contribution is -1.98. The lowest BCUT2D eigenvalue weighted by atomic mass is 10.0. The minimum absolute atomic E-state index is 0.0438. The van der Waals surface area contributed by atoms with Crippen LogP contribution in [0.25, 0.3) is 21.5 Å². The van der Waals surface area contributed by atoms with Crippen LogP contribution in [0.1, 0.15) is 16.7 Å². The molecule has 46 heavy (non-hydrogen) atoms. The van der Waals surface area contributed by atoms with E-state index < -0.39 is 16.7 Å². The van der Waals surface area contributed by atoms with Gasteiger partial charge in [-0.3, -0.25) is 4.55 Å². The smallest absolute Gasteiger partial charge is 0.295 e. The molecule has 6 rings (SSSR count). The van der Waals surface area contributed by atoms with Gasteiger partial charge in [0.1, 0.15) is 22.0 Å². The maximum absolute atomic E-state index is 11.8. The summed E-state index contributed by atoms with van der Waals surface area (Å²) in [5.41, 5.74) is 3.38. The quantitative estimate of drug-likeness (QED) is 0.0919. The summed E-state index contributed by atoms with van der Waals surface area (Å²) in [5, 5.41) is 50.4. The number of aliphatic hydroxyl groups is 1. The summed E-state index contributed by atoms with van der Waals surface area (Å²) < 4.78 is 33.2. The van der Waals surface area contributed by atoms with Crippen molar-refractivity contribution < 1.29 is 28.3 Å². The van der Waals surface area contributed by atoms with E-state index in [0.717, 1.165) is 23.8 Å². The topological polar surface area (TPSA) is 164 Å². The Bertz CT molecular complexity index is 2250. The summed E-state index contributed by atoms with van der Waals surface area (Å²) in [4.78, 5) is -0.258. The van der Waals surface area contributed by atoms with Gasteiger partial charge in [0, 0.05) is 22.4 Å². The summed E-state index contributed by atoms with van der Waals surface area (Å²) in [5.74, 6) is -0.332. The highest BCUT2D eigenvalue weighted by Crippen LogP contribution is 2.39. The number of nitrogens with zero attached hydrogens (tertiary/aromatic N) is 4. The normalized spacial score (nSPS) is 12.1. The summed E-state index contributed by atoms with van der Waals surface area (Å²) in [6, 6.07) is 31.5. The number of aliphatic hydroxyl groups excluding tert-OH is 1. The van der Waals surface area contributed by atoms with E-state index in [9.17, 15) is 28.3 Å². The van der Waals surface area contributed by atoms with Gasteiger partial charge in [0.25, 0.3) is 10.1 Å². The largest absolute Gasteiger partial charge is 0.506 e. The molecule has 0 fully saturated rings. The highest BCUT2D eigenvalue weighted by Gasteiger charge is 2.15. The monoisotopic (exact) mass is 632 g/mol. The molecule has 11 heteroatoms. The van der Waals surface area contributed by atoms with Crippen LogP contribution in [0.15, 0.2) is 135 Å². The lowest BCUT2D eigenvalue weighted by molar-refractivity contribution is 0.282. The van der Waals surface area contributed by atoms with Crippen LogP contribution < -0.4 is 0 Å². The second-order valence-corrected chi connectivity index (χ2v) is 12.0. The van der Waals surface area contributed by atoms with E-state index in [1.54, 1.807) is 24.3 Å². The van der Waals surface area contributed by atoms with Crippen molar-refractivity contribution in [3.05, 3.63) is 126 Å². The number of benzene rings is 6. The molecule has 230 valence electrons. The van der Waals surface area contributed by atoms with E-state index in [-0.39, 0.29) is 44.5 Å². The highest BCUT2D eigenvalue weighted by atomic mass is 32.2. The Balaban J connectivity index is 1.22. The van der Waals surface area contributed by atoms with E-state index in [2.05, 4.69) is 32.6 Å². The van der Waals surface area contributed by atoms with Crippen LogP contribution in [-0.4, -0.2) is 28.3 Å². The van der Waals surface area contributed by atoms with Crippen LogP contribution >= 0.6 is 0 Å². The molecule has 10 nitrogen and oxygen atoms in total. The minimum atomic E-state index is -4.46. The molecule has 0 heterocycles. The SMILES string of the molecule is O=S(=O)(O)c1cccc2ccc(N=Nc3cc(O)c(N=Nc4ccc5cc(CCc6ccccc6)ccc5c4O)cc3CO)cc12. The van der Waals surface area contributed by atoms with Gasteiger partial charge in [0.15, 0.2) is 5.75 Å². The Morgan fingerprint density at radius 3 is 2.11 bits per heavy atom. The second-order valence-electron chi connectivity index (χ2n) is 10.6. The molecular formula is C35H28N4O6S. The summed E-state index contributed by atoms with van der Waals surface area (Å²) in [6.45, 7) is -0.449. The van der Waals surface area contributed by atoms with Crippen molar-refractivity contribution in [2.75, 3.05) is 0 Å². The number of rotatable bonds is 9. The number of fused-ring (bicyclic) bond motifs is 2. The number of azo groups is 2. The molecule has 0 spiro atoms. The van der Waals surface area contributed by atoms with E-state index in [1.807, 2.05) is 42.5 Å². The predicted octanol–water partition coefficient (Wildman–Crippen LogP) is 8.76. The molecule has 0 saturated heterocycles. The third-order valence-corrected chi connectivity index (χ3v) is 8.48. The molecule has 0 amide bonds.